The van der Waals surface area contributed by atoms with Crippen molar-refractivity contribution >= 4 is 5.69 Å². The molecule has 22 heavy (non-hydrogen) atoms. The van der Waals surface area contributed by atoms with Crippen LogP contribution in [0, 0.1) is 5.82 Å². The second-order valence-electron chi connectivity index (χ2n) is 4.88. The summed E-state index contributed by atoms with van der Waals surface area (Å²) in [4.78, 5) is 0. The number of rotatable bonds is 5. The Morgan fingerprint density at radius 2 is 1.36 bits per heavy atom. The highest BCUT2D eigenvalue weighted by Gasteiger charge is 2.01. The Hall–Kier alpha value is -2.81. The van der Waals surface area contributed by atoms with Crippen LogP contribution in [0.2, 0.25) is 0 Å². The van der Waals surface area contributed by atoms with Crippen molar-refractivity contribution in [3.63, 3.8) is 0 Å². The van der Waals surface area contributed by atoms with Crippen molar-refractivity contribution in [1.29, 1.82) is 0 Å². The molecule has 0 aliphatic rings. The van der Waals surface area contributed by atoms with E-state index >= 15 is 0 Å². The lowest BCUT2D eigenvalue weighted by Gasteiger charge is -2.09. The van der Waals surface area contributed by atoms with Gasteiger partial charge in [0.25, 0.3) is 0 Å². The van der Waals surface area contributed by atoms with Gasteiger partial charge in [-0.3, -0.25) is 0 Å². The van der Waals surface area contributed by atoms with Gasteiger partial charge in [0.15, 0.2) is 0 Å². The Kier molecular flexibility index (Phi) is 4.35. The highest BCUT2D eigenvalue weighted by atomic mass is 19.1. The Balaban J connectivity index is 1.61. The lowest BCUT2D eigenvalue weighted by atomic mass is 10.2. The van der Waals surface area contributed by atoms with Crippen molar-refractivity contribution in [3.8, 4) is 11.5 Å². The van der Waals surface area contributed by atoms with Gasteiger partial charge in [-0.15, -0.1) is 0 Å². The highest BCUT2D eigenvalue weighted by Crippen LogP contribution is 2.23. The highest BCUT2D eigenvalue weighted by molar-refractivity contribution is 5.47. The summed E-state index contributed by atoms with van der Waals surface area (Å²) in [6, 6.07) is 24.0. The minimum atomic E-state index is -0.195. The van der Waals surface area contributed by atoms with E-state index in [2.05, 4.69) is 5.32 Å². The molecule has 0 saturated carbocycles. The van der Waals surface area contributed by atoms with E-state index in [4.69, 9.17) is 4.74 Å². The number of hydrogen-bond donors (Lipinski definition) is 1. The van der Waals surface area contributed by atoms with Gasteiger partial charge in [0.05, 0.1) is 0 Å². The number of benzene rings is 3. The van der Waals surface area contributed by atoms with Crippen molar-refractivity contribution in [1.82, 2.24) is 0 Å². The van der Waals surface area contributed by atoms with Crippen LogP contribution in [0.25, 0.3) is 0 Å². The summed E-state index contributed by atoms with van der Waals surface area (Å²) in [5.74, 6) is 1.37. The summed E-state index contributed by atoms with van der Waals surface area (Å²) in [6.07, 6.45) is 0. The first-order valence-electron chi connectivity index (χ1n) is 7.11. The van der Waals surface area contributed by atoms with Crippen LogP contribution in [0.1, 0.15) is 5.56 Å². The Morgan fingerprint density at radius 3 is 2.09 bits per heavy atom. The predicted molar refractivity (Wildman–Crippen MR) is 86.7 cm³/mol. The molecule has 3 rings (SSSR count). The normalized spacial score (nSPS) is 10.2. The summed E-state index contributed by atoms with van der Waals surface area (Å²) in [5.41, 5.74) is 1.57. The molecule has 0 radical (unpaired) electrons. The zero-order valence-corrected chi connectivity index (χ0v) is 12.0. The number of nitrogens with one attached hydrogen (secondary N) is 1. The van der Waals surface area contributed by atoms with Gasteiger partial charge >= 0.3 is 0 Å². The maximum Gasteiger partial charge on any atom is 0.128 e. The van der Waals surface area contributed by atoms with E-state index in [0.29, 0.717) is 12.1 Å². The SMILES string of the molecule is Fc1ccccc1CNc1ccc(Oc2ccccc2)cc1. The number of halogens is 1. The zero-order valence-electron chi connectivity index (χ0n) is 12.0. The number of anilines is 1. The minimum absolute atomic E-state index is 0.195. The molecular weight excluding hydrogens is 277 g/mol. The molecule has 3 aromatic rings. The number of hydrogen-bond acceptors (Lipinski definition) is 2. The Labute approximate surface area is 129 Å². The van der Waals surface area contributed by atoms with Crippen LogP contribution in [-0.4, -0.2) is 0 Å². The van der Waals surface area contributed by atoms with E-state index in [9.17, 15) is 4.39 Å². The zero-order chi connectivity index (χ0) is 15.2. The molecule has 3 heteroatoms. The maximum absolute atomic E-state index is 13.5. The lowest BCUT2D eigenvalue weighted by molar-refractivity contribution is 0.483. The van der Waals surface area contributed by atoms with E-state index in [0.717, 1.165) is 17.2 Å². The second-order valence-corrected chi connectivity index (χ2v) is 4.88. The number of ether oxygens (including phenoxy) is 1. The summed E-state index contributed by atoms with van der Waals surface area (Å²) >= 11 is 0. The molecule has 2 nitrogen and oxygen atoms in total. The van der Waals surface area contributed by atoms with Crippen molar-refractivity contribution in [2.24, 2.45) is 0 Å². The van der Waals surface area contributed by atoms with Crippen molar-refractivity contribution < 1.29 is 9.13 Å². The fraction of sp³-hybridized carbons (Fsp3) is 0.0526. The van der Waals surface area contributed by atoms with Gasteiger partial charge in [-0.05, 0) is 42.5 Å². The first kappa shape index (κ1) is 14.1. The van der Waals surface area contributed by atoms with Gasteiger partial charge in [0.2, 0.25) is 0 Å². The molecule has 0 fully saturated rings. The standard InChI is InChI=1S/C19H16FNO/c20-19-9-5-4-6-15(19)14-21-16-10-12-18(13-11-16)22-17-7-2-1-3-8-17/h1-13,21H,14H2. The van der Waals surface area contributed by atoms with Gasteiger partial charge in [-0.1, -0.05) is 36.4 Å². The van der Waals surface area contributed by atoms with E-state index in [-0.39, 0.29) is 5.82 Å². The molecule has 0 atom stereocenters. The molecule has 0 spiro atoms. The maximum atomic E-state index is 13.5. The topological polar surface area (TPSA) is 21.3 Å². The molecule has 0 unspecified atom stereocenters. The second kappa shape index (κ2) is 6.76. The van der Waals surface area contributed by atoms with Crippen LogP contribution in [0.15, 0.2) is 78.9 Å². The average Bonchev–Trinajstić information content (AvgIpc) is 2.56. The molecule has 0 aliphatic heterocycles. The van der Waals surface area contributed by atoms with Gasteiger partial charge < -0.3 is 10.1 Å². The van der Waals surface area contributed by atoms with Crippen LogP contribution < -0.4 is 10.1 Å². The van der Waals surface area contributed by atoms with Gasteiger partial charge in [0.1, 0.15) is 17.3 Å². The van der Waals surface area contributed by atoms with E-state index < -0.39 is 0 Å². The van der Waals surface area contributed by atoms with E-state index in [1.54, 1.807) is 12.1 Å². The molecule has 3 aromatic carbocycles. The van der Waals surface area contributed by atoms with Gasteiger partial charge in [-0.2, -0.15) is 0 Å². The molecule has 0 heterocycles. The molecule has 0 bridgehead atoms. The third kappa shape index (κ3) is 3.64. The Morgan fingerprint density at radius 1 is 0.727 bits per heavy atom. The Bertz CT molecular complexity index is 726. The van der Waals surface area contributed by atoms with Gasteiger partial charge in [-0.25, -0.2) is 4.39 Å². The molecule has 110 valence electrons. The van der Waals surface area contributed by atoms with E-state index in [1.807, 2.05) is 60.7 Å². The first-order chi connectivity index (χ1) is 10.8. The largest absolute Gasteiger partial charge is 0.457 e. The summed E-state index contributed by atoms with van der Waals surface area (Å²) in [7, 11) is 0. The predicted octanol–water partition coefficient (Wildman–Crippen LogP) is 5.23. The van der Waals surface area contributed by atoms with Crippen molar-refractivity contribution in [3.05, 3.63) is 90.2 Å². The van der Waals surface area contributed by atoms with Crippen LogP contribution in [0.3, 0.4) is 0 Å². The molecule has 0 amide bonds. The van der Waals surface area contributed by atoms with Crippen LogP contribution >= 0.6 is 0 Å². The van der Waals surface area contributed by atoms with Crippen LogP contribution in [-0.2, 0) is 6.54 Å². The minimum Gasteiger partial charge on any atom is -0.457 e. The first-order valence-corrected chi connectivity index (χ1v) is 7.11. The fourth-order valence-corrected chi connectivity index (χ4v) is 2.10. The quantitative estimate of drug-likeness (QED) is 0.695. The van der Waals surface area contributed by atoms with Crippen molar-refractivity contribution in [2.45, 2.75) is 6.54 Å². The average molecular weight is 293 g/mol. The lowest BCUT2D eigenvalue weighted by Crippen LogP contribution is -2.01. The van der Waals surface area contributed by atoms with Crippen molar-refractivity contribution in [2.75, 3.05) is 5.32 Å². The van der Waals surface area contributed by atoms with E-state index in [1.165, 1.54) is 6.07 Å². The van der Waals surface area contributed by atoms with Gasteiger partial charge in [0, 0.05) is 17.8 Å². The summed E-state index contributed by atoms with van der Waals surface area (Å²) in [6.45, 7) is 0.450. The monoisotopic (exact) mass is 293 g/mol. The third-order valence-corrected chi connectivity index (χ3v) is 3.27. The molecular formula is C19H16FNO. The third-order valence-electron chi connectivity index (χ3n) is 3.27. The summed E-state index contributed by atoms with van der Waals surface area (Å²) in [5, 5.41) is 3.20. The summed E-state index contributed by atoms with van der Waals surface area (Å²) < 4.78 is 19.3. The molecule has 1 N–H and O–H groups in total. The van der Waals surface area contributed by atoms with Crippen LogP contribution in [0.4, 0.5) is 10.1 Å². The molecule has 0 aliphatic carbocycles. The smallest absolute Gasteiger partial charge is 0.128 e. The molecule has 0 aromatic heterocycles. The van der Waals surface area contributed by atoms with Crippen LogP contribution in [0.5, 0.6) is 11.5 Å². The fourth-order valence-electron chi connectivity index (χ4n) is 2.10. The molecule has 0 saturated heterocycles. The number of para-hydroxylation sites is 1.